The molecule has 5 heteroatoms. The molecule has 0 amide bonds. The van der Waals surface area contributed by atoms with Crippen LogP contribution < -0.4 is 0 Å². The maximum Gasteiger partial charge on any atom is 0.308 e. The van der Waals surface area contributed by atoms with Gasteiger partial charge in [-0.1, -0.05) is 0 Å². The molecule has 0 aliphatic carbocycles. The topological polar surface area (TPSA) is 83.1 Å². The highest BCUT2D eigenvalue weighted by atomic mass is 16.5. The molecule has 0 fully saturated rings. The third-order valence-electron chi connectivity index (χ3n) is 0.797. The highest BCUT2D eigenvalue weighted by molar-refractivity contribution is 5.67. The average Bonchev–Trinajstić information content (AvgIpc) is 2.18. The van der Waals surface area contributed by atoms with Crippen LogP contribution in [0.4, 0.5) is 0 Å². The van der Waals surface area contributed by atoms with Gasteiger partial charge in [-0.15, -0.1) is 0 Å². The second-order valence-electron chi connectivity index (χ2n) is 2.02. The molecule has 15 heavy (non-hydrogen) atoms. The monoisotopic (exact) mass is 208 g/mol. The van der Waals surface area contributed by atoms with Gasteiger partial charge in [0.25, 0.3) is 0 Å². The van der Waals surface area contributed by atoms with E-state index in [-0.39, 0.29) is 5.76 Å². The van der Waals surface area contributed by atoms with E-state index < -0.39 is 5.97 Å². The van der Waals surface area contributed by atoms with E-state index in [4.69, 9.17) is 10.5 Å². The number of esters is 1. The standard InChI is InChI=1S/C5H5NO2.C5H7NO/c1-4(3-6)8-5(2)7;1-2-7-5-3-4-6/h1H2,2H3;3,5H,2H2,1H3/b;5-3-. The van der Waals surface area contributed by atoms with Crippen molar-refractivity contribution >= 4 is 5.97 Å². The fourth-order valence-corrected chi connectivity index (χ4v) is 0.371. The number of carbonyl (C=O) groups is 1. The van der Waals surface area contributed by atoms with Gasteiger partial charge in [0.1, 0.15) is 6.07 Å². The lowest BCUT2D eigenvalue weighted by Crippen LogP contribution is -1.94. The lowest BCUT2D eigenvalue weighted by Gasteiger charge is -1.90. The normalized spacial score (nSPS) is 7.73. The van der Waals surface area contributed by atoms with Gasteiger partial charge in [0.05, 0.1) is 25.0 Å². The molecule has 0 saturated carbocycles. The minimum atomic E-state index is -0.517. The Bertz CT molecular complexity index is 308. The van der Waals surface area contributed by atoms with Crippen molar-refractivity contribution in [3.63, 3.8) is 0 Å². The molecule has 0 heterocycles. The average molecular weight is 208 g/mol. The quantitative estimate of drug-likeness (QED) is 0.400. The molecule has 0 aromatic heterocycles. The van der Waals surface area contributed by atoms with Crippen LogP contribution in [-0.4, -0.2) is 12.6 Å². The molecular weight excluding hydrogens is 196 g/mol. The van der Waals surface area contributed by atoms with E-state index in [9.17, 15) is 4.79 Å². The molecule has 0 rings (SSSR count). The zero-order chi connectivity index (χ0) is 12.1. The summed E-state index contributed by atoms with van der Waals surface area (Å²) in [5, 5.41) is 15.8. The van der Waals surface area contributed by atoms with Crippen molar-refractivity contribution < 1.29 is 14.3 Å². The maximum atomic E-state index is 9.98. The summed E-state index contributed by atoms with van der Waals surface area (Å²) in [6.07, 6.45) is 2.67. The zero-order valence-electron chi connectivity index (χ0n) is 8.69. The van der Waals surface area contributed by atoms with Crippen LogP contribution in [0.2, 0.25) is 0 Å². The smallest absolute Gasteiger partial charge is 0.308 e. The van der Waals surface area contributed by atoms with Crippen LogP contribution in [-0.2, 0) is 14.3 Å². The maximum absolute atomic E-state index is 9.98. The number of ether oxygens (including phenoxy) is 2. The van der Waals surface area contributed by atoms with Gasteiger partial charge in [0.2, 0.25) is 0 Å². The molecule has 0 unspecified atom stereocenters. The Labute approximate surface area is 88.8 Å². The van der Waals surface area contributed by atoms with E-state index in [1.54, 1.807) is 12.1 Å². The molecule has 0 aliphatic heterocycles. The van der Waals surface area contributed by atoms with Crippen molar-refractivity contribution in [2.75, 3.05) is 6.61 Å². The molecule has 0 bridgehead atoms. The predicted molar refractivity (Wildman–Crippen MR) is 52.9 cm³/mol. The van der Waals surface area contributed by atoms with Gasteiger partial charge in [0.15, 0.2) is 5.76 Å². The number of hydrogen-bond donors (Lipinski definition) is 0. The minimum Gasteiger partial charge on any atom is -0.501 e. The van der Waals surface area contributed by atoms with Crippen molar-refractivity contribution in [3.8, 4) is 12.1 Å². The Balaban J connectivity index is 0. The van der Waals surface area contributed by atoms with Gasteiger partial charge in [-0.2, -0.15) is 10.5 Å². The van der Waals surface area contributed by atoms with Gasteiger partial charge in [0, 0.05) is 6.92 Å². The minimum absolute atomic E-state index is 0.169. The molecule has 0 aromatic rings. The molecule has 0 aliphatic rings. The number of allylic oxidation sites excluding steroid dienone is 2. The van der Waals surface area contributed by atoms with E-state index in [0.717, 1.165) is 0 Å². The SMILES string of the molecule is C=C(C#N)OC(C)=O.CCO/C=C\C#N. The summed E-state index contributed by atoms with van der Waals surface area (Å²) in [5.41, 5.74) is 0. The first-order valence-electron chi connectivity index (χ1n) is 4.02. The van der Waals surface area contributed by atoms with Crippen LogP contribution in [0, 0.1) is 22.7 Å². The first kappa shape index (κ1) is 15.2. The molecule has 0 saturated heterocycles. The van der Waals surface area contributed by atoms with Gasteiger partial charge >= 0.3 is 5.97 Å². The summed E-state index contributed by atoms with van der Waals surface area (Å²) in [5.74, 6) is -0.686. The van der Waals surface area contributed by atoms with Gasteiger partial charge in [-0.05, 0) is 13.5 Å². The molecule has 80 valence electrons. The molecule has 5 nitrogen and oxygen atoms in total. The number of nitriles is 2. The largest absolute Gasteiger partial charge is 0.501 e. The van der Waals surface area contributed by atoms with Crippen LogP contribution in [0.5, 0.6) is 0 Å². The highest BCUT2D eigenvalue weighted by Crippen LogP contribution is 1.88. The van der Waals surface area contributed by atoms with Crippen LogP contribution in [0.15, 0.2) is 24.7 Å². The second kappa shape index (κ2) is 11.7. The van der Waals surface area contributed by atoms with Crippen molar-refractivity contribution in [1.29, 1.82) is 10.5 Å². The molecule has 0 spiro atoms. The summed E-state index contributed by atoms with van der Waals surface area (Å²) in [7, 11) is 0. The van der Waals surface area contributed by atoms with Crippen LogP contribution in [0.1, 0.15) is 13.8 Å². The number of hydrogen-bond acceptors (Lipinski definition) is 5. The molecule has 0 radical (unpaired) electrons. The van der Waals surface area contributed by atoms with Crippen LogP contribution >= 0.6 is 0 Å². The van der Waals surface area contributed by atoms with Crippen LogP contribution in [0.3, 0.4) is 0 Å². The van der Waals surface area contributed by atoms with E-state index in [0.29, 0.717) is 6.61 Å². The molecule has 0 N–H and O–H groups in total. The number of rotatable bonds is 3. The van der Waals surface area contributed by atoms with E-state index >= 15 is 0 Å². The third kappa shape index (κ3) is 18.6. The van der Waals surface area contributed by atoms with Crippen molar-refractivity contribution in [2.24, 2.45) is 0 Å². The summed E-state index contributed by atoms with van der Waals surface area (Å²) in [6.45, 7) is 6.81. The Morgan fingerprint density at radius 3 is 2.40 bits per heavy atom. The Hall–Kier alpha value is -2.27. The van der Waals surface area contributed by atoms with Crippen LogP contribution in [0.25, 0.3) is 0 Å². The van der Waals surface area contributed by atoms with Crippen molar-refractivity contribution in [1.82, 2.24) is 0 Å². The lowest BCUT2D eigenvalue weighted by atomic mass is 10.6. The summed E-state index contributed by atoms with van der Waals surface area (Å²) in [4.78, 5) is 9.98. The lowest BCUT2D eigenvalue weighted by molar-refractivity contribution is -0.136. The first-order chi connectivity index (χ1) is 7.08. The Morgan fingerprint density at radius 1 is 1.53 bits per heavy atom. The predicted octanol–water partition coefficient (Wildman–Crippen LogP) is 1.65. The second-order valence-corrected chi connectivity index (χ2v) is 2.02. The van der Waals surface area contributed by atoms with Gasteiger partial charge < -0.3 is 9.47 Å². The summed E-state index contributed by atoms with van der Waals surface area (Å²) >= 11 is 0. The van der Waals surface area contributed by atoms with Crippen molar-refractivity contribution in [2.45, 2.75) is 13.8 Å². The highest BCUT2D eigenvalue weighted by Gasteiger charge is 1.93. The molecular formula is C10H12N2O3. The molecule has 0 aromatic carbocycles. The fourth-order valence-electron chi connectivity index (χ4n) is 0.371. The van der Waals surface area contributed by atoms with Crippen molar-refractivity contribution in [3.05, 3.63) is 24.7 Å². The summed E-state index contributed by atoms with van der Waals surface area (Å²) < 4.78 is 8.88. The van der Waals surface area contributed by atoms with E-state index in [1.165, 1.54) is 19.3 Å². The molecule has 0 atom stereocenters. The van der Waals surface area contributed by atoms with E-state index in [2.05, 4.69) is 16.1 Å². The Kier molecular flexibility index (Phi) is 11.9. The number of nitrogens with zero attached hydrogens (tertiary/aromatic N) is 2. The van der Waals surface area contributed by atoms with E-state index in [1.807, 2.05) is 6.92 Å². The number of carbonyl (C=O) groups excluding carboxylic acids is 1. The van der Waals surface area contributed by atoms with Gasteiger partial charge in [-0.25, -0.2) is 0 Å². The van der Waals surface area contributed by atoms with Gasteiger partial charge in [-0.3, -0.25) is 4.79 Å². The first-order valence-corrected chi connectivity index (χ1v) is 4.02. The summed E-state index contributed by atoms with van der Waals surface area (Å²) in [6, 6.07) is 3.36. The Morgan fingerprint density at radius 2 is 2.13 bits per heavy atom. The zero-order valence-corrected chi connectivity index (χ0v) is 8.69. The third-order valence-corrected chi connectivity index (χ3v) is 0.797. The fraction of sp³-hybridized carbons (Fsp3) is 0.300.